The van der Waals surface area contributed by atoms with Crippen LogP contribution >= 0.6 is 0 Å². The van der Waals surface area contributed by atoms with Crippen molar-refractivity contribution in [2.45, 2.75) is 236 Å². The summed E-state index contributed by atoms with van der Waals surface area (Å²) in [6.07, 6.45) is 0. The normalized spacial score (nSPS) is 13.3. The molecule has 2 heterocycles. The average molecular weight is 1580 g/mol. The van der Waals surface area contributed by atoms with Gasteiger partial charge >= 0.3 is 0 Å². The molecule has 0 aromatic heterocycles. The maximum atomic E-state index is 11.4. The van der Waals surface area contributed by atoms with Crippen molar-refractivity contribution in [3.8, 4) is 101 Å². The van der Waals surface area contributed by atoms with Crippen molar-refractivity contribution in [3.05, 3.63) is 316 Å². The summed E-state index contributed by atoms with van der Waals surface area (Å²) in [4.78, 5) is 5.47. The molecule has 0 unspecified atom stereocenters. The number of hydrogen-bond donors (Lipinski definition) is 0. The van der Waals surface area contributed by atoms with Gasteiger partial charge < -0.3 is 9.80 Å². The van der Waals surface area contributed by atoms with Crippen molar-refractivity contribution in [3.63, 3.8) is 0 Å². The maximum absolute atomic E-state index is 11.4. The van der Waals surface area contributed by atoms with Crippen LogP contribution in [0.2, 0.25) is 0 Å². The second-order valence-corrected chi connectivity index (χ2v) is 43.9. The molecule has 0 atom stereocenters. The van der Waals surface area contributed by atoms with Crippen molar-refractivity contribution in [2.75, 3.05) is 9.80 Å². The van der Waals surface area contributed by atoms with Gasteiger partial charge in [-0.2, -0.15) is 10.5 Å². The third kappa shape index (κ3) is 16.3. The minimum absolute atomic E-state index is 0.249. The van der Waals surface area contributed by atoms with E-state index in [1.165, 1.54) is 66.5 Å². The molecule has 0 saturated heterocycles. The van der Waals surface area contributed by atoms with Crippen LogP contribution in [-0.4, -0.2) is 6.71 Å². The van der Waals surface area contributed by atoms with E-state index in [0.29, 0.717) is 11.1 Å². The molecule has 15 rings (SSSR count). The predicted molar refractivity (Wildman–Crippen MR) is 522 cm³/mol. The van der Waals surface area contributed by atoms with E-state index >= 15 is 0 Å². The van der Waals surface area contributed by atoms with E-state index in [4.69, 9.17) is 0 Å². The van der Waals surface area contributed by atoms with Crippen LogP contribution in [0.3, 0.4) is 0 Å². The molecule has 0 saturated carbocycles. The zero-order valence-corrected chi connectivity index (χ0v) is 77.1. The molecule has 610 valence electrons. The van der Waals surface area contributed by atoms with Gasteiger partial charge in [-0.25, -0.2) is 0 Å². The number of rotatable bonds is 10. The van der Waals surface area contributed by atoms with Crippen LogP contribution in [0.4, 0.5) is 34.1 Å². The minimum Gasteiger partial charge on any atom is -0.310 e. The van der Waals surface area contributed by atoms with Crippen molar-refractivity contribution in [1.29, 1.82) is 10.5 Å². The van der Waals surface area contributed by atoms with Gasteiger partial charge in [-0.1, -0.05) is 381 Å². The fourth-order valence-electron chi connectivity index (χ4n) is 17.7. The molecule has 13 aromatic carbocycles. The lowest BCUT2D eigenvalue weighted by atomic mass is 9.33. The van der Waals surface area contributed by atoms with Gasteiger partial charge in [0.25, 0.3) is 6.71 Å². The summed E-state index contributed by atoms with van der Waals surface area (Å²) in [5, 5.41) is 22.8. The summed E-state index contributed by atoms with van der Waals surface area (Å²) < 4.78 is 0. The van der Waals surface area contributed by atoms with Gasteiger partial charge in [-0.3, -0.25) is 0 Å². The predicted octanol–water partition coefficient (Wildman–Crippen LogP) is 30.5. The van der Waals surface area contributed by atoms with Crippen molar-refractivity contribution >= 4 is 57.2 Å². The highest BCUT2D eigenvalue weighted by Gasteiger charge is 2.47. The lowest BCUT2D eigenvalue weighted by Gasteiger charge is -2.47. The Kier molecular flexibility index (Phi) is 21.2. The fraction of sp³-hybridized carbons (Fsp3) is 0.310. The molecule has 0 radical (unpaired) electrons. The van der Waals surface area contributed by atoms with Crippen LogP contribution in [0.15, 0.2) is 255 Å². The average Bonchev–Trinajstić information content (AvgIpc) is 0.683. The highest BCUT2D eigenvalue weighted by Crippen LogP contribution is 2.58. The molecule has 2 aliphatic heterocycles. The number of nitriles is 2. The molecule has 0 fully saturated rings. The van der Waals surface area contributed by atoms with Gasteiger partial charge in [0.1, 0.15) is 0 Å². The first kappa shape index (κ1) is 84.5. The van der Waals surface area contributed by atoms with Gasteiger partial charge in [0.05, 0.1) is 34.6 Å². The molecule has 0 spiro atoms. The number of nitrogens with zero attached hydrogens (tertiary/aromatic N) is 4. The van der Waals surface area contributed by atoms with Crippen LogP contribution < -0.4 is 26.2 Å². The second-order valence-electron chi connectivity index (χ2n) is 43.9. The number of anilines is 6. The molecule has 0 N–H and O–H groups in total. The van der Waals surface area contributed by atoms with E-state index < -0.39 is 5.41 Å². The van der Waals surface area contributed by atoms with Gasteiger partial charge in [0, 0.05) is 45.0 Å². The molecular formula is C116H123BN4. The minimum atomic E-state index is -0.434. The molecule has 0 amide bonds. The Bertz CT molecular complexity index is 5640. The van der Waals surface area contributed by atoms with Crippen LogP contribution in [0.25, 0.3) is 89.0 Å². The third-order valence-corrected chi connectivity index (χ3v) is 25.4. The summed E-state index contributed by atoms with van der Waals surface area (Å²) >= 11 is 0. The van der Waals surface area contributed by atoms with Crippen LogP contribution in [0, 0.1) is 22.7 Å². The topological polar surface area (TPSA) is 54.1 Å². The van der Waals surface area contributed by atoms with Crippen molar-refractivity contribution < 1.29 is 0 Å². The van der Waals surface area contributed by atoms with E-state index in [2.05, 4.69) is 439 Å². The van der Waals surface area contributed by atoms with Gasteiger partial charge in [-0.15, -0.1) is 0 Å². The molecule has 121 heavy (non-hydrogen) atoms. The molecule has 5 heteroatoms. The third-order valence-electron chi connectivity index (χ3n) is 25.4. The molecule has 0 aliphatic carbocycles. The summed E-state index contributed by atoms with van der Waals surface area (Å²) in [5.74, 6) is 0. The Morgan fingerprint density at radius 1 is 0.207 bits per heavy atom. The molecule has 4 nitrogen and oxygen atoms in total. The summed E-state index contributed by atoms with van der Waals surface area (Å²) in [6.45, 7) is 63.3. The van der Waals surface area contributed by atoms with Crippen LogP contribution in [-0.2, 0) is 48.7 Å². The Labute approximate surface area is 725 Å². The van der Waals surface area contributed by atoms with Crippen molar-refractivity contribution in [1.82, 2.24) is 0 Å². The monoisotopic (exact) mass is 1580 g/mol. The summed E-state index contributed by atoms with van der Waals surface area (Å²) in [6, 6.07) is 103. The fourth-order valence-corrected chi connectivity index (χ4v) is 17.7. The first-order chi connectivity index (χ1) is 56.6. The van der Waals surface area contributed by atoms with E-state index in [0.717, 1.165) is 123 Å². The van der Waals surface area contributed by atoms with E-state index in [1.54, 1.807) is 0 Å². The zero-order valence-electron chi connectivity index (χ0n) is 77.1. The molecule has 0 bridgehead atoms. The molecular weight excluding hydrogens is 1460 g/mol. The smallest absolute Gasteiger partial charge is 0.252 e. The molecule has 2 aliphatic rings. The first-order valence-corrected chi connectivity index (χ1v) is 43.7. The van der Waals surface area contributed by atoms with E-state index in [9.17, 15) is 10.5 Å². The Balaban J connectivity index is 1.23. The van der Waals surface area contributed by atoms with Gasteiger partial charge in [0.2, 0.25) is 0 Å². The Hall–Kier alpha value is -11.5. The highest BCUT2D eigenvalue weighted by molar-refractivity contribution is 7.00. The number of hydrogen-bond acceptors (Lipinski definition) is 4. The number of fused-ring (bicyclic) bond motifs is 4. The van der Waals surface area contributed by atoms with Gasteiger partial charge in [-0.05, 0) is 243 Å². The lowest BCUT2D eigenvalue weighted by molar-refractivity contribution is 0.568. The SMILES string of the molecule is CC(C)(C)c1cc(-c2cc(-c3ccccc3C#N)cc(-c3cc(C(C)(C)C)cc(C(C)(C)C)c3)c2N2c3ccc(-c4ccccc4)cc3B3c4cc(-c5ccccc5)ccc4N(c4c(-c5cc(C(C)(C)C)cc(C(C)(C)C)c5)cc(-c5ccccc5C#N)cc4-c4cc(C(C)(C)C)cc(C(C)(C)C)c4)c4cc(C(C)(C)C)cc2c43)cc(C(C)(C)C)c1. The van der Waals surface area contributed by atoms with E-state index in [1.807, 2.05) is 24.3 Å². The quantitative estimate of drug-likeness (QED) is 0.128. The van der Waals surface area contributed by atoms with Gasteiger partial charge in [0.15, 0.2) is 0 Å². The van der Waals surface area contributed by atoms with Crippen LogP contribution in [0.1, 0.15) is 248 Å². The highest BCUT2D eigenvalue weighted by atomic mass is 15.2. The summed E-state index contributed by atoms with van der Waals surface area (Å²) in [7, 11) is 0. The summed E-state index contributed by atoms with van der Waals surface area (Å²) in [5.41, 5.74) is 36.8. The van der Waals surface area contributed by atoms with Crippen molar-refractivity contribution in [2.24, 2.45) is 0 Å². The Morgan fingerprint density at radius 3 is 0.686 bits per heavy atom. The second kappa shape index (κ2) is 30.3. The Morgan fingerprint density at radius 2 is 0.438 bits per heavy atom. The van der Waals surface area contributed by atoms with Crippen LogP contribution in [0.5, 0.6) is 0 Å². The first-order valence-electron chi connectivity index (χ1n) is 43.7. The molecule has 13 aromatic rings. The lowest BCUT2D eigenvalue weighted by Crippen LogP contribution is -2.61. The largest absolute Gasteiger partial charge is 0.310 e. The standard InChI is InChI=1S/C116H123BN4/c1-108(2,3)84-50-78(51-85(64-84)109(4,5)6)95-58-82(93-44-36-34-42-76(93)70-118)59-96(79-52-86(110(7,8)9)65-87(53-79)111(10,11)12)106(95)120-101-48-46-74(72-38-30-28-31-39-72)62-99(101)117-100-63-75(73-40-32-29-33-41-73)47-49-102(100)121(104-69-92(116(25,26)27)68-103(120)105(104)117)107-97(80-54-88(112(13,14)15)66-89(55-80)113(16,17)18)60-83(94-45-37-35-43-77(94)71-119)61-98(107)81-56-90(114(19,20)21)67-91(57-81)115(22,23)24/h28-69H,1-27H3. The van der Waals surface area contributed by atoms with E-state index in [-0.39, 0.29) is 50.0 Å². The maximum Gasteiger partial charge on any atom is 0.252 e. The number of benzene rings is 13. The zero-order chi connectivity index (χ0) is 87.1.